The summed E-state index contributed by atoms with van der Waals surface area (Å²) < 4.78 is 0. The molecular formula is C22H29N3O2. The van der Waals surface area contributed by atoms with Gasteiger partial charge in [0, 0.05) is 18.9 Å². The molecule has 0 aliphatic carbocycles. The van der Waals surface area contributed by atoms with Gasteiger partial charge in [-0.1, -0.05) is 65.8 Å². The molecule has 1 atom stereocenters. The van der Waals surface area contributed by atoms with E-state index in [9.17, 15) is 5.11 Å². The van der Waals surface area contributed by atoms with Gasteiger partial charge in [-0.25, -0.2) is 0 Å². The van der Waals surface area contributed by atoms with Crippen LogP contribution in [0.1, 0.15) is 36.3 Å². The lowest BCUT2D eigenvalue weighted by Gasteiger charge is -2.19. The van der Waals surface area contributed by atoms with Crippen molar-refractivity contribution in [3.63, 3.8) is 0 Å². The normalized spacial score (nSPS) is 16.6. The highest BCUT2D eigenvalue weighted by Crippen LogP contribution is 2.27. The quantitative estimate of drug-likeness (QED) is 0.406. The van der Waals surface area contributed by atoms with Gasteiger partial charge in [0.2, 0.25) is 0 Å². The van der Waals surface area contributed by atoms with Crippen LogP contribution in [0.5, 0.6) is 0 Å². The lowest BCUT2D eigenvalue weighted by Crippen LogP contribution is -2.32. The molecule has 1 saturated heterocycles. The Balaban J connectivity index is 1.57. The summed E-state index contributed by atoms with van der Waals surface area (Å²) in [5.74, 6) is 0.551. The molecular weight excluding hydrogens is 338 g/mol. The number of likely N-dealkylation sites (tertiary alicyclic amines) is 1. The van der Waals surface area contributed by atoms with Crippen molar-refractivity contribution < 1.29 is 9.94 Å². The van der Waals surface area contributed by atoms with E-state index in [4.69, 9.17) is 10.6 Å². The molecule has 2 aromatic carbocycles. The van der Waals surface area contributed by atoms with Crippen LogP contribution in [0.15, 0.2) is 65.8 Å². The fourth-order valence-corrected chi connectivity index (χ4v) is 3.57. The predicted molar refractivity (Wildman–Crippen MR) is 109 cm³/mol. The average molecular weight is 367 g/mol. The Morgan fingerprint density at radius 3 is 2.11 bits per heavy atom. The number of hydrogen-bond donors (Lipinski definition) is 2. The highest BCUT2D eigenvalue weighted by atomic mass is 16.6. The minimum atomic E-state index is -0.543. The summed E-state index contributed by atoms with van der Waals surface area (Å²) in [7, 11) is 0. The topological polar surface area (TPSA) is 71.1 Å². The standard InChI is InChI=1S/C22H29N3O2/c23-22(24-27-17-20(26)16-25-13-7-8-14-25)15-21(18-9-3-1-4-10-18)19-11-5-2-6-12-19/h1-6,9-12,20-21,26H,7-8,13-17H2,(H2,23,24). The van der Waals surface area contributed by atoms with Gasteiger partial charge < -0.3 is 20.6 Å². The van der Waals surface area contributed by atoms with Gasteiger partial charge in [-0.05, 0) is 37.1 Å². The molecule has 1 unspecified atom stereocenters. The lowest BCUT2D eigenvalue weighted by atomic mass is 9.88. The van der Waals surface area contributed by atoms with E-state index < -0.39 is 6.10 Å². The molecule has 1 fully saturated rings. The molecule has 3 rings (SSSR count). The number of rotatable bonds is 9. The van der Waals surface area contributed by atoms with E-state index in [1.54, 1.807) is 0 Å². The molecule has 1 aliphatic heterocycles. The minimum absolute atomic E-state index is 0.120. The van der Waals surface area contributed by atoms with Gasteiger partial charge in [0.05, 0.1) is 0 Å². The van der Waals surface area contributed by atoms with Gasteiger partial charge in [-0.15, -0.1) is 0 Å². The second-order valence-electron chi connectivity index (χ2n) is 7.12. The molecule has 1 heterocycles. The van der Waals surface area contributed by atoms with Crippen LogP contribution in [0, 0.1) is 0 Å². The molecule has 0 saturated carbocycles. The summed E-state index contributed by atoms with van der Waals surface area (Å²) in [6.07, 6.45) is 2.44. The SMILES string of the molecule is NC(CC(c1ccccc1)c1ccccc1)=NOCC(O)CN1CCCC1. The molecule has 0 spiro atoms. The Morgan fingerprint density at radius 2 is 1.56 bits per heavy atom. The first kappa shape index (κ1) is 19.4. The number of oxime groups is 1. The molecule has 144 valence electrons. The number of benzene rings is 2. The Bertz CT molecular complexity index is 661. The van der Waals surface area contributed by atoms with Gasteiger partial charge in [0.15, 0.2) is 0 Å². The molecule has 0 amide bonds. The maximum absolute atomic E-state index is 10.1. The highest BCUT2D eigenvalue weighted by Gasteiger charge is 2.17. The van der Waals surface area contributed by atoms with Gasteiger partial charge in [-0.3, -0.25) is 0 Å². The first-order valence-corrected chi connectivity index (χ1v) is 9.67. The molecule has 27 heavy (non-hydrogen) atoms. The van der Waals surface area contributed by atoms with Crippen LogP contribution >= 0.6 is 0 Å². The highest BCUT2D eigenvalue weighted by molar-refractivity contribution is 5.81. The smallest absolute Gasteiger partial charge is 0.144 e. The van der Waals surface area contributed by atoms with E-state index in [1.165, 1.54) is 24.0 Å². The fourth-order valence-electron chi connectivity index (χ4n) is 3.57. The van der Waals surface area contributed by atoms with Gasteiger partial charge in [0.25, 0.3) is 0 Å². The first-order valence-electron chi connectivity index (χ1n) is 9.67. The van der Waals surface area contributed by atoms with Crippen LogP contribution in [0.25, 0.3) is 0 Å². The molecule has 5 heteroatoms. The number of amidine groups is 1. The van der Waals surface area contributed by atoms with E-state index >= 15 is 0 Å². The van der Waals surface area contributed by atoms with Crippen LogP contribution in [-0.4, -0.2) is 48.2 Å². The zero-order valence-corrected chi connectivity index (χ0v) is 15.7. The number of aliphatic hydroxyl groups excluding tert-OH is 1. The summed E-state index contributed by atoms with van der Waals surface area (Å²) in [6.45, 7) is 2.90. The number of nitrogens with zero attached hydrogens (tertiary/aromatic N) is 2. The summed E-state index contributed by atoms with van der Waals surface area (Å²) in [5, 5.41) is 14.1. The summed E-state index contributed by atoms with van der Waals surface area (Å²) in [4.78, 5) is 7.58. The van der Waals surface area contributed by atoms with Crippen LogP contribution in [-0.2, 0) is 4.84 Å². The predicted octanol–water partition coefficient (Wildman–Crippen LogP) is 2.95. The lowest BCUT2D eigenvalue weighted by molar-refractivity contribution is 0.0226. The third-order valence-corrected chi connectivity index (χ3v) is 4.93. The second-order valence-corrected chi connectivity index (χ2v) is 7.12. The van der Waals surface area contributed by atoms with Gasteiger partial charge in [0.1, 0.15) is 18.5 Å². The van der Waals surface area contributed by atoms with Crippen molar-refractivity contribution in [3.05, 3.63) is 71.8 Å². The van der Waals surface area contributed by atoms with Gasteiger partial charge in [-0.2, -0.15) is 0 Å². The minimum Gasteiger partial charge on any atom is -0.392 e. The van der Waals surface area contributed by atoms with Crippen molar-refractivity contribution in [1.29, 1.82) is 0 Å². The summed E-state index contributed by atoms with van der Waals surface area (Å²) in [5.41, 5.74) is 8.51. The number of aliphatic hydroxyl groups is 1. The summed E-state index contributed by atoms with van der Waals surface area (Å²) >= 11 is 0. The molecule has 1 aliphatic rings. The van der Waals surface area contributed by atoms with Crippen molar-refractivity contribution in [3.8, 4) is 0 Å². The van der Waals surface area contributed by atoms with Crippen LogP contribution in [0.3, 0.4) is 0 Å². The maximum atomic E-state index is 10.1. The molecule has 2 aromatic rings. The van der Waals surface area contributed by atoms with E-state index in [0.717, 1.165) is 13.1 Å². The largest absolute Gasteiger partial charge is 0.392 e. The molecule has 0 aromatic heterocycles. The fraction of sp³-hybridized carbons (Fsp3) is 0.409. The number of hydrogen-bond acceptors (Lipinski definition) is 4. The zero-order valence-electron chi connectivity index (χ0n) is 15.7. The van der Waals surface area contributed by atoms with Gasteiger partial charge >= 0.3 is 0 Å². The van der Waals surface area contributed by atoms with Crippen molar-refractivity contribution in [2.24, 2.45) is 10.9 Å². The van der Waals surface area contributed by atoms with Crippen LogP contribution in [0.4, 0.5) is 0 Å². The Hall–Kier alpha value is -2.37. The zero-order chi connectivity index (χ0) is 18.9. The van der Waals surface area contributed by atoms with Crippen molar-refractivity contribution in [1.82, 2.24) is 4.90 Å². The molecule has 5 nitrogen and oxygen atoms in total. The second kappa shape index (κ2) is 10.1. The van der Waals surface area contributed by atoms with E-state index in [2.05, 4.69) is 34.3 Å². The van der Waals surface area contributed by atoms with Crippen molar-refractivity contribution >= 4 is 5.84 Å². The first-order chi connectivity index (χ1) is 13.2. The van der Waals surface area contributed by atoms with Crippen LogP contribution < -0.4 is 5.73 Å². The van der Waals surface area contributed by atoms with Crippen molar-refractivity contribution in [2.45, 2.75) is 31.3 Å². The summed E-state index contributed by atoms with van der Waals surface area (Å²) in [6, 6.07) is 20.6. The Morgan fingerprint density at radius 1 is 1.00 bits per heavy atom. The van der Waals surface area contributed by atoms with E-state index in [0.29, 0.717) is 18.8 Å². The van der Waals surface area contributed by atoms with E-state index in [1.807, 2.05) is 36.4 Å². The van der Waals surface area contributed by atoms with E-state index in [-0.39, 0.29) is 12.5 Å². The van der Waals surface area contributed by atoms with Crippen LogP contribution in [0.2, 0.25) is 0 Å². The molecule has 0 bridgehead atoms. The average Bonchev–Trinajstić information content (AvgIpc) is 3.20. The number of nitrogens with two attached hydrogens (primary N) is 1. The maximum Gasteiger partial charge on any atom is 0.144 e. The third-order valence-electron chi connectivity index (χ3n) is 4.93. The Labute approximate surface area is 161 Å². The van der Waals surface area contributed by atoms with Crippen molar-refractivity contribution in [2.75, 3.05) is 26.2 Å². The number of β-amino-alcohol motifs (C(OH)–C–C–N with tert-alkyl or cyclic N) is 1. The third kappa shape index (κ3) is 6.08. The molecule has 0 radical (unpaired) electrons. The Kier molecular flexibility index (Phi) is 7.25. The monoisotopic (exact) mass is 367 g/mol. The molecule has 3 N–H and O–H groups in total.